The Labute approximate surface area is 115 Å². The molecule has 2 aromatic rings. The van der Waals surface area contributed by atoms with Crippen LogP contribution in [0.2, 0.25) is 0 Å². The zero-order valence-electron chi connectivity index (χ0n) is 11.2. The third kappa shape index (κ3) is 3.09. The van der Waals surface area contributed by atoms with Crippen LogP contribution in [0.1, 0.15) is 6.92 Å². The predicted molar refractivity (Wildman–Crippen MR) is 73.3 cm³/mol. The normalized spacial score (nSPS) is 10.2. The van der Waals surface area contributed by atoms with E-state index in [0.29, 0.717) is 12.6 Å². The Bertz CT molecular complexity index is 577. The van der Waals surface area contributed by atoms with Gasteiger partial charge in [0.1, 0.15) is 5.82 Å². The molecule has 1 aromatic carbocycles. The first-order chi connectivity index (χ1) is 9.63. The number of hydrogen-bond acceptors (Lipinski definition) is 7. The van der Waals surface area contributed by atoms with E-state index in [0.717, 1.165) is 5.69 Å². The second kappa shape index (κ2) is 6.11. The zero-order chi connectivity index (χ0) is 14.5. The van der Waals surface area contributed by atoms with Gasteiger partial charge in [0.05, 0.1) is 6.61 Å². The van der Waals surface area contributed by atoms with E-state index in [9.17, 15) is 4.39 Å². The summed E-state index contributed by atoms with van der Waals surface area (Å²) in [7, 11) is 1.75. The van der Waals surface area contributed by atoms with Crippen LogP contribution < -0.4 is 20.9 Å². The molecule has 7 nitrogen and oxygen atoms in total. The fourth-order valence-corrected chi connectivity index (χ4v) is 1.53. The van der Waals surface area contributed by atoms with Gasteiger partial charge in [0.25, 0.3) is 0 Å². The van der Waals surface area contributed by atoms with E-state index in [1.807, 2.05) is 6.92 Å². The van der Waals surface area contributed by atoms with Crippen LogP contribution in [0.4, 0.5) is 22.0 Å². The molecule has 0 bridgehead atoms. The Morgan fingerprint density at radius 3 is 2.55 bits per heavy atom. The van der Waals surface area contributed by atoms with Gasteiger partial charge in [-0.25, -0.2) is 10.2 Å². The molecule has 0 saturated carbocycles. The maximum atomic E-state index is 12.9. The number of nitrogens with one attached hydrogen (secondary N) is 1. The largest absolute Gasteiger partial charge is 0.464 e. The van der Waals surface area contributed by atoms with Crippen LogP contribution in [0.15, 0.2) is 24.3 Å². The lowest BCUT2D eigenvalue weighted by molar-refractivity contribution is 0.312. The van der Waals surface area contributed by atoms with Crippen molar-refractivity contribution in [2.45, 2.75) is 6.92 Å². The molecular formula is C12H15FN6O. The highest BCUT2D eigenvalue weighted by Crippen LogP contribution is 2.22. The number of ether oxygens (including phenoxy) is 1. The molecule has 1 heterocycles. The van der Waals surface area contributed by atoms with Crippen molar-refractivity contribution in [3.05, 3.63) is 30.1 Å². The van der Waals surface area contributed by atoms with E-state index in [-0.39, 0.29) is 17.8 Å². The number of aromatic nitrogens is 3. The van der Waals surface area contributed by atoms with E-state index in [4.69, 9.17) is 10.6 Å². The molecule has 8 heteroatoms. The van der Waals surface area contributed by atoms with Gasteiger partial charge >= 0.3 is 6.01 Å². The Hall–Kier alpha value is -2.48. The third-order valence-corrected chi connectivity index (χ3v) is 2.52. The van der Waals surface area contributed by atoms with Gasteiger partial charge in [-0.2, -0.15) is 15.0 Å². The Balaban J connectivity index is 2.34. The van der Waals surface area contributed by atoms with E-state index in [2.05, 4.69) is 20.4 Å². The van der Waals surface area contributed by atoms with Gasteiger partial charge in [-0.05, 0) is 31.2 Å². The molecule has 0 aliphatic rings. The molecule has 0 unspecified atom stereocenters. The minimum atomic E-state index is -0.308. The minimum Gasteiger partial charge on any atom is -0.464 e. The number of benzene rings is 1. The molecule has 0 atom stereocenters. The molecule has 106 valence electrons. The fourth-order valence-electron chi connectivity index (χ4n) is 1.53. The first-order valence-corrected chi connectivity index (χ1v) is 5.98. The lowest BCUT2D eigenvalue weighted by Gasteiger charge is -2.18. The summed E-state index contributed by atoms with van der Waals surface area (Å²) in [5, 5.41) is 0. The number of rotatable bonds is 5. The van der Waals surface area contributed by atoms with Crippen molar-refractivity contribution in [3.63, 3.8) is 0 Å². The van der Waals surface area contributed by atoms with E-state index >= 15 is 0 Å². The summed E-state index contributed by atoms with van der Waals surface area (Å²) in [5.74, 6) is 5.53. The van der Waals surface area contributed by atoms with Crippen molar-refractivity contribution in [2.24, 2.45) is 5.84 Å². The van der Waals surface area contributed by atoms with Crippen LogP contribution in [0.25, 0.3) is 0 Å². The fraction of sp³-hybridized carbons (Fsp3) is 0.250. The van der Waals surface area contributed by atoms with E-state index in [1.165, 1.54) is 12.1 Å². The molecule has 0 spiro atoms. The summed E-state index contributed by atoms with van der Waals surface area (Å²) in [5.41, 5.74) is 3.08. The maximum Gasteiger partial charge on any atom is 0.323 e. The SMILES string of the molecule is CCOc1nc(NN)nc(N(C)c2ccc(F)cc2)n1. The van der Waals surface area contributed by atoms with E-state index in [1.54, 1.807) is 24.1 Å². The summed E-state index contributed by atoms with van der Waals surface area (Å²) >= 11 is 0. The van der Waals surface area contributed by atoms with Crippen LogP contribution in [-0.4, -0.2) is 28.6 Å². The van der Waals surface area contributed by atoms with Crippen molar-refractivity contribution in [1.29, 1.82) is 0 Å². The Morgan fingerprint density at radius 2 is 1.95 bits per heavy atom. The third-order valence-electron chi connectivity index (χ3n) is 2.52. The summed E-state index contributed by atoms with van der Waals surface area (Å²) < 4.78 is 18.2. The van der Waals surface area contributed by atoms with Crippen LogP contribution in [0.5, 0.6) is 6.01 Å². The van der Waals surface area contributed by atoms with Gasteiger partial charge in [0, 0.05) is 12.7 Å². The van der Waals surface area contributed by atoms with Crippen molar-refractivity contribution in [1.82, 2.24) is 15.0 Å². The van der Waals surface area contributed by atoms with Crippen molar-refractivity contribution in [2.75, 3.05) is 24.0 Å². The first-order valence-electron chi connectivity index (χ1n) is 5.98. The molecule has 1 aromatic heterocycles. The van der Waals surface area contributed by atoms with Gasteiger partial charge in [-0.15, -0.1) is 0 Å². The van der Waals surface area contributed by atoms with Gasteiger partial charge in [0.15, 0.2) is 0 Å². The quantitative estimate of drug-likeness (QED) is 0.632. The minimum absolute atomic E-state index is 0.166. The maximum absolute atomic E-state index is 12.9. The number of nitrogen functional groups attached to an aromatic ring is 1. The molecule has 0 radical (unpaired) electrons. The van der Waals surface area contributed by atoms with Crippen LogP contribution in [0, 0.1) is 5.82 Å². The molecule has 0 fully saturated rings. The predicted octanol–water partition coefficient (Wildman–Crippen LogP) is 1.46. The summed E-state index contributed by atoms with van der Waals surface area (Å²) in [6, 6.07) is 6.13. The number of nitrogens with zero attached hydrogens (tertiary/aromatic N) is 4. The monoisotopic (exact) mass is 278 g/mol. The number of anilines is 3. The molecule has 2 rings (SSSR count). The highest BCUT2D eigenvalue weighted by Gasteiger charge is 2.12. The van der Waals surface area contributed by atoms with Crippen LogP contribution in [-0.2, 0) is 0 Å². The van der Waals surface area contributed by atoms with Gasteiger partial charge in [0.2, 0.25) is 11.9 Å². The first kappa shape index (κ1) is 13.9. The average molecular weight is 278 g/mol. The van der Waals surface area contributed by atoms with Crippen molar-refractivity contribution in [3.8, 4) is 6.01 Å². The highest BCUT2D eigenvalue weighted by molar-refractivity contribution is 5.57. The molecule has 0 saturated heterocycles. The standard InChI is InChI=1S/C12H15FN6O/c1-3-20-12-16-10(18-14)15-11(17-12)19(2)9-6-4-8(13)5-7-9/h4-7H,3,14H2,1-2H3,(H,15,16,17,18). The Morgan fingerprint density at radius 1 is 1.25 bits per heavy atom. The summed E-state index contributed by atoms with van der Waals surface area (Å²) in [4.78, 5) is 13.9. The number of halogens is 1. The second-order valence-electron chi connectivity index (χ2n) is 3.85. The van der Waals surface area contributed by atoms with Crippen molar-refractivity contribution < 1.29 is 9.13 Å². The van der Waals surface area contributed by atoms with Crippen LogP contribution >= 0.6 is 0 Å². The second-order valence-corrected chi connectivity index (χ2v) is 3.85. The van der Waals surface area contributed by atoms with Crippen LogP contribution in [0.3, 0.4) is 0 Å². The molecule has 20 heavy (non-hydrogen) atoms. The summed E-state index contributed by atoms with van der Waals surface area (Å²) in [6.45, 7) is 2.25. The number of hydrazine groups is 1. The van der Waals surface area contributed by atoms with Gasteiger partial charge in [-0.3, -0.25) is 5.43 Å². The molecule has 0 amide bonds. The Kier molecular flexibility index (Phi) is 4.26. The topological polar surface area (TPSA) is 89.2 Å². The summed E-state index contributed by atoms with van der Waals surface area (Å²) in [6.07, 6.45) is 0. The molecule has 3 N–H and O–H groups in total. The number of nitrogens with two attached hydrogens (primary N) is 1. The zero-order valence-corrected chi connectivity index (χ0v) is 11.2. The molecule has 0 aliphatic carbocycles. The average Bonchev–Trinajstić information content (AvgIpc) is 2.47. The molecule has 0 aliphatic heterocycles. The lowest BCUT2D eigenvalue weighted by atomic mass is 10.3. The van der Waals surface area contributed by atoms with Gasteiger partial charge in [-0.1, -0.05) is 0 Å². The number of hydrogen-bond donors (Lipinski definition) is 2. The molecular weight excluding hydrogens is 263 g/mol. The van der Waals surface area contributed by atoms with Gasteiger partial charge < -0.3 is 9.64 Å². The smallest absolute Gasteiger partial charge is 0.323 e. The van der Waals surface area contributed by atoms with Crippen molar-refractivity contribution >= 4 is 17.6 Å². The highest BCUT2D eigenvalue weighted by atomic mass is 19.1. The lowest BCUT2D eigenvalue weighted by Crippen LogP contribution is -2.18. The van der Waals surface area contributed by atoms with E-state index < -0.39 is 0 Å².